The zero-order chi connectivity index (χ0) is 7.86. The number of hydrogen-bond acceptors (Lipinski definition) is 4. The van der Waals surface area contributed by atoms with Crippen LogP contribution in [0, 0.1) is 0 Å². The van der Waals surface area contributed by atoms with Crippen LogP contribution in [0.4, 0.5) is 0 Å². The molecule has 0 unspecified atom stereocenters. The zero-order valence-corrected chi connectivity index (χ0v) is 4.44. The van der Waals surface area contributed by atoms with Gasteiger partial charge in [-0.2, -0.15) is 0 Å². The maximum atomic E-state index is 9.43. The van der Waals surface area contributed by atoms with Crippen molar-refractivity contribution in [1.29, 1.82) is 0 Å². The maximum absolute atomic E-state index is 9.43. The van der Waals surface area contributed by atoms with Crippen LogP contribution in [0.2, 0.25) is 0 Å². The Hall–Kier alpha value is -1.14. The first-order valence-electron chi connectivity index (χ1n) is 1.82. The summed E-state index contributed by atoms with van der Waals surface area (Å²) in [5.74, 6) is 0.875. The number of carboxylic acid groups (broad SMARTS) is 2. The van der Waals surface area contributed by atoms with E-state index in [2.05, 4.69) is 5.90 Å². The van der Waals surface area contributed by atoms with E-state index in [0.29, 0.717) is 0 Å². The molecule has 0 rings (SSSR count). The largest absolute Gasteiger partial charge is 0.481 e. The van der Waals surface area contributed by atoms with Crippen molar-refractivity contribution in [1.82, 2.24) is 0 Å². The third-order valence-electron chi connectivity index (χ3n) is 0.302. The van der Waals surface area contributed by atoms with Gasteiger partial charge in [0.2, 0.25) is 0 Å². The Kier molecular flexibility index (Phi) is 8.21. The van der Waals surface area contributed by atoms with Gasteiger partial charge in [0.15, 0.2) is 0 Å². The van der Waals surface area contributed by atoms with E-state index in [9.17, 15) is 9.59 Å². The molecule has 0 saturated carbocycles. The van der Waals surface area contributed by atoms with Gasteiger partial charge >= 0.3 is 11.9 Å². The predicted octanol–water partition coefficient (Wildman–Crippen LogP) is -1.12. The first-order valence-corrected chi connectivity index (χ1v) is 1.82. The van der Waals surface area contributed by atoms with Crippen LogP contribution < -0.4 is 5.90 Å². The van der Waals surface area contributed by atoms with E-state index in [1.807, 2.05) is 0 Å². The standard InChI is InChI=1S/C3H4O4.H3NO/c4-2(5)1-3(6)7;1-2/h1H2,(H,4,5)(H,6,7);2H,1H2. The fourth-order valence-corrected chi connectivity index (χ4v) is 0.129. The molecule has 0 heterocycles. The van der Waals surface area contributed by atoms with Crippen molar-refractivity contribution < 1.29 is 25.0 Å². The average Bonchev–Trinajstić information content (AvgIpc) is 1.68. The average molecular weight is 137 g/mol. The van der Waals surface area contributed by atoms with Crippen molar-refractivity contribution in [3.8, 4) is 0 Å². The van der Waals surface area contributed by atoms with Gasteiger partial charge in [0.1, 0.15) is 6.42 Å². The Morgan fingerprint density at radius 1 is 1.11 bits per heavy atom. The Morgan fingerprint density at radius 3 is 1.33 bits per heavy atom. The summed E-state index contributed by atoms with van der Waals surface area (Å²) >= 11 is 0. The Balaban J connectivity index is 0. The van der Waals surface area contributed by atoms with Gasteiger partial charge in [-0.3, -0.25) is 9.59 Å². The van der Waals surface area contributed by atoms with Gasteiger partial charge in [0.25, 0.3) is 0 Å². The molecule has 0 amide bonds. The number of hydrogen-bond donors (Lipinski definition) is 4. The van der Waals surface area contributed by atoms with E-state index in [1.54, 1.807) is 0 Å². The summed E-state index contributed by atoms with van der Waals surface area (Å²) in [6.45, 7) is 0. The summed E-state index contributed by atoms with van der Waals surface area (Å²) in [5.41, 5.74) is 0. The second kappa shape index (κ2) is 6.86. The highest BCUT2D eigenvalue weighted by Crippen LogP contribution is 1.74. The molecule has 6 heteroatoms. The minimum absolute atomic E-state index is 0.806. The van der Waals surface area contributed by atoms with Crippen LogP contribution in [-0.4, -0.2) is 27.4 Å². The molecule has 5 N–H and O–H groups in total. The zero-order valence-electron chi connectivity index (χ0n) is 4.44. The number of nitrogens with two attached hydrogens (primary N) is 1. The summed E-state index contributed by atoms with van der Waals surface area (Å²) < 4.78 is 0. The molecule has 6 nitrogen and oxygen atoms in total. The molecule has 0 aromatic carbocycles. The van der Waals surface area contributed by atoms with E-state index in [1.165, 1.54) is 0 Å². The lowest BCUT2D eigenvalue weighted by atomic mass is 10.5. The van der Waals surface area contributed by atoms with Gasteiger partial charge in [0, 0.05) is 0 Å². The monoisotopic (exact) mass is 137 g/mol. The predicted molar refractivity (Wildman–Crippen MR) is 25.9 cm³/mol. The van der Waals surface area contributed by atoms with Crippen molar-refractivity contribution in [2.75, 3.05) is 0 Å². The molecule has 9 heavy (non-hydrogen) atoms. The Morgan fingerprint density at radius 2 is 1.33 bits per heavy atom. The van der Waals surface area contributed by atoms with Gasteiger partial charge in [-0.25, -0.2) is 5.90 Å². The molecule has 54 valence electrons. The second-order valence-corrected chi connectivity index (χ2v) is 0.964. The number of aliphatic carboxylic acids is 2. The second-order valence-electron chi connectivity index (χ2n) is 0.964. The van der Waals surface area contributed by atoms with E-state index in [0.717, 1.165) is 0 Å². The fourth-order valence-electron chi connectivity index (χ4n) is 0.129. The normalized spacial score (nSPS) is 6.89. The first kappa shape index (κ1) is 10.8. The van der Waals surface area contributed by atoms with Crippen LogP contribution in [0.15, 0.2) is 0 Å². The van der Waals surface area contributed by atoms with E-state index < -0.39 is 18.4 Å². The van der Waals surface area contributed by atoms with E-state index in [-0.39, 0.29) is 0 Å². The summed E-state index contributed by atoms with van der Waals surface area (Å²) in [4.78, 5) is 18.9. The molecule has 0 aliphatic carbocycles. The molecule has 0 radical (unpaired) electrons. The summed E-state index contributed by atoms with van der Waals surface area (Å²) in [6, 6.07) is 0. The Labute approximate surface area is 50.5 Å². The SMILES string of the molecule is NO.O=C(O)CC(=O)O. The molecule has 0 atom stereocenters. The van der Waals surface area contributed by atoms with Crippen LogP contribution in [0.3, 0.4) is 0 Å². The lowest BCUT2D eigenvalue weighted by Gasteiger charge is -1.80. The molecule has 0 fully saturated rings. The van der Waals surface area contributed by atoms with Crippen LogP contribution >= 0.6 is 0 Å². The molecule has 0 aliphatic heterocycles. The molecule has 0 aromatic rings. The lowest BCUT2D eigenvalue weighted by Crippen LogP contribution is -2.03. The van der Waals surface area contributed by atoms with Gasteiger partial charge < -0.3 is 15.4 Å². The van der Waals surface area contributed by atoms with Crippen molar-refractivity contribution in [3.63, 3.8) is 0 Å². The van der Waals surface area contributed by atoms with Crippen LogP contribution in [-0.2, 0) is 9.59 Å². The third kappa shape index (κ3) is 19.8. The third-order valence-corrected chi connectivity index (χ3v) is 0.302. The summed E-state index contributed by atoms with van der Waals surface area (Å²) in [6.07, 6.45) is -0.806. The first-order chi connectivity index (χ1) is 4.13. The van der Waals surface area contributed by atoms with Crippen molar-refractivity contribution in [2.24, 2.45) is 5.90 Å². The molecule has 0 saturated heterocycles. The van der Waals surface area contributed by atoms with Gasteiger partial charge in [-0.15, -0.1) is 0 Å². The highest BCUT2D eigenvalue weighted by molar-refractivity contribution is 5.88. The number of carbonyl (C=O) groups is 2. The fraction of sp³-hybridized carbons (Fsp3) is 0.333. The maximum Gasteiger partial charge on any atom is 0.314 e. The van der Waals surface area contributed by atoms with Crippen molar-refractivity contribution >= 4 is 11.9 Å². The topological polar surface area (TPSA) is 121 Å². The quantitative estimate of drug-likeness (QED) is 0.282. The van der Waals surface area contributed by atoms with E-state index in [4.69, 9.17) is 15.4 Å². The minimum Gasteiger partial charge on any atom is -0.481 e. The smallest absolute Gasteiger partial charge is 0.314 e. The van der Waals surface area contributed by atoms with Crippen molar-refractivity contribution in [2.45, 2.75) is 6.42 Å². The molecule has 0 aromatic heterocycles. The Bertz CT molecular complexity index is 88.4. The number of rotatable bonds is 2. The molecular weight excluding hydrogens is 130 g/mol. The van der Waals surface area contributed by atoms with Crippen LogP contribution in [0.25, 0.3) is 0 Å². The van der Waals surface area contributed by atoms with Gasteiger partial charge in [-0.1, -0.05) is 0 Å². The summed E-state index contributed by atoms with van der Waals surface area (Å²) in [7, 11) is 0. The molecule has 0 spiro atoms. The van der Waals surface area contributed by atoms with Crippen molar-refractivity contribution in [3.05, 3.63) is 0 Å². The molecular formula is C3H7NO5. The lowest BCUT2D eigenvalue weighted by molar-refractivity contribution is -0.147. The number of carboxylic acids is 2. The summed E-state index contributed by atoms with van der Waals surface area (Å²) in [5, 5.41) is 21.9. The van der Waals surface area contributed by atoms with Crippen LogP contribution in [0.5, 0.6) is 0 Å². The van der Waals surface area contributed by atoms with Gasteiger partial charge in [0.05, 0.1) is 0 Å². The van der Waals surface area contributed by atoms with Gasteiger partial charge in [-0.05, 0) is 0 Å². The van der Waals surface area contributed by atoms with Crippen LogP contribution in [0.1, 0.15) is 6.42 Å². The molecule has 0 bridgehead atoms. The highest BCUT2D eigenvalue weighted by atomic mass is 16.4. The minimum atomic E-state index is -1.31. The molecule has 0 aliphatic rings. The highest BCUT2D eigenvalue weighted by Gasteiger charge is 2.01. The van der Waals surface area contributed by atoms with E-state index >= 15 is 0 Å².